The molecule has 1 N–H and O–H groups in total. The topological polar surface area (TPSA) is 104 Å². The molecular weight excluding hydrogens is 414 g/mol. The van der Waals surface area contributed by atoms with Crippen molar-refractivity contribution in [2.75, 3.05) is 25.8 Å². The minimum absolute atomic E-state index is 0.00952. The third-order valence-corrected chi connectivity index (χ3v) is 5.53. The van der Waals surface area contributed by atoms with E-state index in [1.54, 1.807) is 37.8 Å². The molecule has 0 unspecified atom stereocenters. The normalized spacial score (nSPS) is 10.4. The standard InChI is InChI=1S/C19H17N3O5S2/c1-26-16-7-4-11(8-17(16)27-2)14-10-29-19(20-14)21-18(23)13-9-12(28-3)5-6-15(13)22(24)25/h4-10H,1-3H3,(H,20,21,23). The minimum Gasteiger partial charge on any atom is -0.493 e. The highest BCUT2D eigenvalue weighted by Crippen LogP contribution is 2.34. The van der Waals surface area contributed by atoms with Crippen molar-refractivity contribution in [3.63, 3.8) is 0 Å². The predicted molar refractivity (Wildman–Crippen MR) is 113 cm³/mol. The van der Waals surface area contributed by atoms with Crippen LogP contribution in [0.4, 0.5) is 10.8 Å². The molecule has 3 rings (SSSR count). The quantitative estimate of drug-likeness (QED) is 0.328. The van der Waals surface area contributed by atoms with Crippen LogP contribution in [0, 0.1) is 10.1 Å². The number of benzene rings is 2. The number of carbonyl (C=O) groups is 1. The van der Waals surface area contributed by atoms with E-state index in [-0.39, 0.29) is 11.3 Å². The Morgan fingerprint density at radius 1 is 1.17 bits per heavy atom. The summed E-state index contributed by atoms with van der Waals surface area (Å²) in [6.45, 7) is 0. The smallest absolute Gasteiger partial charge is 0.282 e. The fourth-order valence-corrected chi connectivity index (χ4v) is 3.76. The van der Waals surface area contributed by atoms with E-state index in [1.807, 2.05) is 12.3 Å². The van der Waals surface area contributed by atoms with E-state index in [0.717, 1.165) is 10.5 Å². The number of amides is 1. The van der Waals surface area contributed by atoms with Gasteiger partial charge >= 0.3 is 0 Å². The molecule has 3 aromatic rings. The highest BCUT2D eigenvalue weighted by atomic mass is 32.2. The summed E-state index contributed by atoms with van der Waals surface area (Å²) >= 11 is 2.62. The van der Waals surface area contributed by atoms with E-state index < -0.39 is 10.8 Å². The molecule has 0 fully saturated rings. The van der Waals surface area contributed by atoms with Gasteiger partial charge in [0.15, 0.2) is 16.6 Å². The summed E-state index contributed by atoms with van der Waals surface area (Å²) in [4.78, 5) is 28.5. The van der Waals surface area contributed by atoms with Gasteiger partial charge in [-0.3, -0.25) is 20.2 Å². The van der Waals surface area contributed by atoms with Crippen LogP contribution in [0.25, 0.3) is 11.3 Å². The van der Waals surface area contributed by atoms with Crippen molar-refractivity contribution < 1.29 is 19.2 Å². The molecule has 0 aliphatic carbocycles. The number of nitro groups is 1. The third-order valence-electron chi connectivity index (χ3n) is 4.05. The van der Waals surface area contributed by atoms with E-state index in [4.69, 9.17) is 9.47 Å². The largest absolute Gasteiger partial charge is 0.493 e. The van der Waals surface area contributed by atoms with Gasteiger partial charge in [0.2, 0.25) is 0 Å². The maximum Gasteiger partial charge on any atom is 0.282 e. The number of hydrogen-bond donors (Lipinski definition) is 1. The molecule has 1 aromatic heterocycles. The molecule has 0 spiro atoms. The molecule has 0 bridgehead atoms. The van der Waals surface area contributed by atoms with Gasteiger partial charge in [-0.05, 0) is 36.6 Å². The van der Waals surface area contributed by atoms with Crippen LogP contribution in [-0.4, -0.2) is 36.3 Å². The fourth-order valence-electron chi connectivity index (χ4n) is 2.61. The lowest BCUT2D eigenvalue weighted by Crippen LogP contribution is -2.14. The number of thioether (sulfide) groups is 1. The molecule has 8 nitrogen and oxygen atoms in total. The zero-order valence-electron chi connectivity index (χ0n) is 15.8. The molecule has 1 heterocycles. The van der Waals surface area contributed by atoms with Gasteiger partial charge in [0.05, 0.1) is 24.8 Å². The van der Waals surface area contributed by atoms with Crippen LogP contribution in [0.3, 0.4) is 0 Å². The number of rotatable bonds is 7. The van der Waals surface area contributed by atoms with Crippen LogP contribution >= 0.6 is 23.1 Å². The highest BCUT2D eigenvalue weighted by Gasteiger charge is 2.22. The second kappa shape index (κ2) is 8.93. The number of carbonyl (C=O) groups excluding carboxylic acids is 1. The SMILES string of the molecule is COc1ccc(-c2csc(NC(=O)c3cc(SC)ccc3[N+](=O)[O-])n2)cc1OC. The van der Waals surface area contributed by atoms with Crippen LogP contribution in [0.1, 0.15) is 10.4 Å². The zero-order chi connectivity index (χ0) is 21.0. The summed E-state index contributed by atoms with van der Waals surface area (Å²) in [5.41, 5.74) is 1.16. The number of thiazole rings is 1. The van der Waals surface area contributed by atoms with Crippen LogP contribution in [0.5, 0.6) is 11.5 Å². The molecule has 0 aliphatic heterocycles. The Kier molecular flexibility index (Phi) is 6.35. The summed E-state index contributed by atoms with van der Waals surface area (Å²) in [6.07, 6.45) is 1.83. The molecule has 1 amide bonds. The van der Waals surface area contributed by atoms with Crippen molar-refractivity contribution in [2.45, 2.75) is 4.90 Å². The number of nitrogens with one attached hydrogen (secondary N) is 1. The van der Waals surface area contributed by atoms with E-state index in [2.05, 4.69) is 10.3 Å². The van der Waals surface area contributed by atoms with Crippen LogP contribution in [0.15, 0.2) is 46.7 Å². The number of hydrogen-bond acceptors (Lipinski definition) is 8. The summed E-state index contributed by atoms with van der Waals surface area (Å²) in [7, 11) is 3.10. The summed E-state index contributed by atoms with van der Waals surface area (Å²) in [6, 6.07) is 9.82. The van der Waals surface area contributed by atoms with Crippen molar-refractivity contribution in [3.8, 4) is 22.8 Å². The lowest BCUT2D eigenvalue weighted by molar-refractivity contribution is -0.385. The first-order valence-electron chi connectivity index (χ1n) is 8.28. The van der Waals surface area contributed by atoms with E-state index in [0.29, 0.717) is 22.3 Å². The molecule has 0 radical (unpaired) electrons. The Balaban J connectivity index is 1.86. The molecule has 0 atom stereocenters. The van der Waals surface area contributed by atoms with Crippen molar-refractivity contribution in [1.29, 1.82) is 0 Å². The van der Waals surface area contributed by atoms with Gasteiger partial charge in [-0.2, -0.15) is 0 Å². The molecule has 0 aliphatic rings. The number of methoxy groups -OCH3 is 2. The Morgan fingerprint density at radius 2 is 1.93 bits per heavy atom. The Morgan fingerprint density at radius 3 is 2.59 bits per heavy atom. The number of nitro benzene ring substituents is 1. The van der Waals surface area contributed by atoms with Gasteiger partial charge in [-0.1, -0.05) is 0 Å². The summed E-state index contributed by atoms with van der Waals surface area (Å²) in [5.74, 6) is 0.579. The third kappa shape index (κ3) is 4.49. The van der Waals surface area contributed by atoms with Crippen molar-refractivity contribution in [1.82, 2.24) is 4.98 Å². The predicted octanol–water partition coefficient (Wildman–Crippen LogP) is 4.71. The van der Waals surface area contributed by atoms with Gasteiger partial charge in [-0.15, -0.1) is 23.1 Å². The molecule has 10 heteroatoms. The maximum absolute atomic E-state index is 12.6. The second-order valence-electron chi connectivity index (χ2n) is 5.70. The Labute approximate surface area is 175 Å². The summed E-state index contributed by atoms with van der Waals surface area (Å²) < 4.78 is 10.5. The van der Waals surface area contributed by atoms with Gasteiger partial charge in [0.25, 0.3) is 11.6 Å². The van der Waals surface area contributed by atoms with E-state index in [9.17, 15) is 14.9 Å². The first-order valence-corrected chi connectivity index (χ1v) is 10.4. The molecule has 29 heavy (non-hydrogen) atoms. The van der Waals surface area contributed by atoms with Gasteiger partial charge in [0, 0.05) is 21.9 Å². The fraction of sp³-hybridized carbons (Fsp3) is 0.158. The monoisotopic (exact) mass is 431 g/mol. The van der Waals surface area contributed by atoms with Crippen LogP contribution in [-0.2, 0) is 0 Å². The average molecular weight is 431 g/mol. The minimum atomic E-state index is -0.583. The first-order chi connectivity index (χ1) is 14.0. The van der Waals surface area contributed by atoms with Crippen LogP contribution in [0.2, 0.25) is 0 Å². The highest BCUT2D eigenvalue weighted by molar-refractivity contribution is 7.98. The Bertz CT molecular complexity index is 1070. The van der Waals surface area contributed by atoms with Crippen molar-refractivity contribution in [2.24, 2.45) is 0 Å². The number of anilines is 1. The lowest BCUT2D eigenvalue weighted by Gasteiger charge is -2.08. The lowest BCUT2D eigenvalue weighted by atomic mass is 10.1. The van der Waals surface area contributed by atoms with E-state index >= 15 is 0 Å². The number of aromatic nitrogens is 1. The van der Waals surface area contributed by atoms with Gasteiger partial charge in [0.1, 0.15) is 5.56 Å². The van der Waals surface area contributed by atoms with Crippen LogP contribution < -0.4 is 14.8 Å². The summed E-state index contributed by atoms with van der Waals surface area (Å²) in [5, 5.41) is 16.0. The molecule has 150 valence electrons. The first kappa shape index (κ1) is 20.6. The molecule has 0 saturated heterocycles. The number of ether oxygens (including phenoxy) is 2. The Hall–Kier alpha value is -3.11. The molecule has 2 aromatic carbocycles. The zero-order valence-corrected chi connectivity index (χ0v) is 17.4. The van der Waals surface area contributed by atoms with Crippen molar-refractivity contribution in [3.05, 3.63) is 57.5 Å². The van der Waals surface area contributed by atoms with E-state index in [1.165, 1.54) is 35.2 Å². The van der Waals surface area contributed by atoms with Gasteiger partial charge in [-0.25, -0.2) is 4.98 Å². The average Bonchev–Trinajstić information content (AvgIpc) is 3.20. The maximum atomic E-state index is 12.6. The van der Waals surface area contributed by atoms with Gasteiger partial charge < -0.3 is 9.47 Å². The second-order valence-corrected chi connectivity index (χ2v) is 7.44. The molecular formula is C19H17N3O5S2. The van der Waals surface area contributed by atoms with Crippen molar-refractivity contribution >= 4 is 39.8 Å². The number of nitrogens with zero attached hydrogens (tertiary/aromatic N) is 2. The molecule has 0 saturated carbocycles.